The van der Waals surface area contributed by atoms with Crippen LogP contribution in [0.2, 0.25) is 10.0 Å². The number of ether oxygens (including phenoxy) is 3. The second-order valence-electron chi connectivity index (χ2n) is 8.74. The third-order valence-corrected chi connectivity index (χ3v) is 5.35. The highest BCUT2D eigenvalue weighted by Crippen LogP contribution is 2.37. The van der Waals surface area contributed by atoms with E-state index in [4.69, 9.17) is 37.4 Å². The van der Waals surface area contributed by atoms with Crippen molar-refractivity contribution < 1.29 is 19.0 Å². The Kier molecular flexibility index (Phi) is 7.34. The molecule has 37 heavy (non-hydrogen) atoms. The van der Waals surface area contributed by atoms with Crippen molar-refractivity contribution in [2.24, 2.45) is 0 Å². The summed E-state index contributed by atoms with van der Waals surface area (Å²) in [5.74, 6) is 0.694. The Labute approximate surface area is 222 Å². The maximum atomic E-state index is 12.7. The largest absolute Gasteiger partial charge is 0.480 e. The van der Waals surface area contributed by atoms with Crippen molar-refractivity contribution in [3.05, 3.63) is 69.6 Å². The van der Waals surface area contributed by atoms with Gasteiger partial charge in [0.1, 0.15) is 16.4 Å². The second-order valence-corrected chi connectivity index (χ2v) is 9.56. The van der Waals surface area contributed by atoms with Crippen LogP contribution in [0, 0.1) is 11.3 Å². The molecule has 3 heterocycles. The SMILES string of the molecule is COc1nc(/C=C/c2nn(C(=O)OC(C)(C)C)c3ncccc23)cc(Oc2cc(Cl)cc(C#N)c2)c1Cl. The first-order chi connectivity index (χ1) is 17.6. The van der Waals surface area contributed by atoms with Crippen molar-refractivity contribution in [1.29, 1.82) is 5.26 Å². The molecule has 0 saturated carbocycles. The minimum Gasteiger partial charge on any atom is -0.480 e. The lowest BCUT2D eigenvalue weighted by molar-refractivity contribution is 0.0521. The summed E-state index contributed by atoms with van der Waals surface area (Å²) < 4.78 is 17.8. The van der Waals surface area contributed by atoms with E-state index in [-0.39, 0.29) is 16.7 Å². The lowest BCUT2D eigenvalue weighted by atomic mass is 10.2. The maximum Gasteiger partial charge on any atom is 0.437 e. The molecule has 11 heteroatoms. The Balaban J connectivity index is 1.71. The predicted molar refractivity (Wildman–Crippen MR) is 140 cm³/mol. The molecule has 0 spiro atoms. The highest BCUT2D eigenvalue weighted by atomic mass is 35.5. The predicted octanol–water partition coefficient (Wildman–Crippen LogP) is 6.76. The Morgan fingerprint density at radius 1 is 1.16 bits per heavy atom. The van der Waals surface area contributed by atoms with Crippen molar-refractivity contribution in [2.75, 3.05) is 7.11 Å². The molecule has 0 amide bonds. The van der Waals surface area contributed by atoms with Crippen LogP contribution < -0.4 is 9.47 Å². The molecule has 0 atom stereocenters. The number of pyridine rings is 2. The molecule has 0 aliphatic carbocycles. The summed E-state index contributed by atoms with van der Waals surface area (Å²) in [7, 11) is 1.43. The molecule has 1 aromatic carbocycles. The van der Waals surface area contributed by atoms with E-state index in [0.29, 0.717) is 38.8 Å². The van der Waals surface area contributed by atoms with Gasteiger partial charge >= 0.3 is 6.09 Å². The van der Waals surface area contributed by atoms with E-state index in [1.54, 1.807) is 63.4 Å². The molecule has 0 aliphatic rings. The molecule has 0 unspecified atom stereocenters. The molecule has 9 nitrogen and oxygen atoms in total. The quantitative estimate of drug-likeness (QED) is 0.274. The van der Waals surface area contributed by atoms with E-state index < -0.39 is 11.7 Å². The molecule has 0 aliphatic heterocycles. The fourth-order valence-corrected chi connectivity index (χ4v) is 3.74. The minimum absolute atomic E-state index is 0.132. The van der Waals surface area contributed by atoms with Gasteiger partial charge in [0.25, 0.3) is 0 Å². The highest BCUT2D eigenvalue weighted by Gasteiger charge is 2.22. The fourth-order valence-electron chi connectivity index (χ4n) is 3.30. The van der Waals surface area contributed by atoms with Crippen molar-refractivity contribution in [1.82, 2.24) is 19.7 Å². The number of benzene rings is 1. The van der Waals surface area contributed by atoms with Crippen LogP contribution in [-0.2, 0) is 4.74 Å². The van der Waals surface area contributed by atoms with Crippen LogP contribution in [0.3, 0.4) is 0 Å². The van der Waals surface area contributed by atoms with E-state index in [1.165, 1.54) is 19.2 Å². The zero-order chi connectivity index (χ0) is 26.7. The third kappa shape index (κ3) is 6.00. The molecular formula is C26H21Cl2N5O4. The van der Waals surface area contributed by atoms with Gasteiger partial charge in [0.2, 0.25) is 5.88 Å². The number of rotatable bonds is 5. The van der Waals surface area contributed by atoms with Gasteiger partial charge in [-0.25, -0.2) is 14.8 Å². The first-order valence-electron chi connectivity index (χ1n) is 11.0. The zero-order valence-electron chi connectivity index (χ0n) is 20.3. The van der Waals surface area contributed by atoms with Crippen molar-refractivity contribution in [2.45, 2.75) is 26.4 Å². The van der Waals surface area contributed by atoms with Crippen LogP contribution in [0.4, 0.5) is 4.79 Å². The van der Waals surface area contributed by atoms with E-state index in [0.717, 1.165) is 4.68 Å². The molecule has 4 aromatic rings. The van der Waals surface area contributed by atoms with Gasteiger partial charge in [-0.3, -0.25) is 0 Å². The number of carbonyl (C=O) groups is 1. The summed E-state index contributed by atoms with van der Waals surface area (Å²) in [6, 6.07) is 11.8. The van der Waals surface area contributed by atoms with Crippen LogP contribution in [0.1, 0.15) is 37.7 Å². The van der Waals surface area contributed by atoms with Gasteiger partial charge in [-0.15, -0.1) is 4.68 Å². The average Bonchev–Trinajstić information content (AvgIpc) is 3.22. The summed E-state index contributed by atoms with van der Waals surface area (Å²) in [5.41, 5.74) is 0.901. The van der Waals surface area contributed by atoms with Gasteiger partial charge in [0.05, 0.1) is 30.1 Å². The highest BCUT2D eigenvalue weighted by molar-refractivity contribution is 6.33. The summed E-state index contributed by atoms with van der Waals surface area (Å²) in [4.78, 5) is 21.4. The van der Waals surface area contributed by atoms with E-state index >= 15 is 0 Å². The van der Waals surface area contributed by atoms with E-state index in [9.17, 15) is 10.1 Å². The van der Waals surface area contributed by atoms with Gasteiger partial charge in [0.15, 0.2) is 11.4 Å². The minimum atomic E-state index is -0.697. The maximum absolute atomic E-state index is 12.7. The van der Waals surface area contributed by atoms with Crippen LogP contribution in [0.15, 0.2) is 42.6 Å². The standard InChI is InChI=1S/C26H21Cl2N5O4/c1-26(2,3)37-25(34)33-23-19(6-5-9-30-23)20(32-33)8-7-17-13-21(22(28)24(31-17)35-4)36-18-11-15(14-29)10-16(27)12-18/h5-13H,1-4H3/b8-7+. The zero-order valence-corrected chi connectivity index (χ0v) is 21.8. The lowest BCUT2D eigenvalue weighted by Crippen LogP contribution is -2.27. The molecule has 0 saturated heterocycles. The van der Waals surface area contributed by atoms with Gasteiger partial charge in [-0.2, -0.15) is 10.4 Å². The Hall–Kier alpha value is -4.13. The summed E-state index contributed by atoms with van der Waals surface area (Å²) in [6.45, 7) is 5.32. The van der Waals surface area contributed by atoms with Crippen LogP contribution in [-0.4, -0.2) is 38.6 Å². The van der Waals surface area contributed by atoms with Gasteiger partial charge in [-0.1, -0.05) is 23.2 Å². The van der Waals surface area contributed by atoms with Crippen molar-refractivity contribution >= 4 is 52.5 Å². The number of nitrogens with zero attached hydrogens (tertiary/aromatic N) is 5. The molecule has 0 bridgehead atoms. The number of hydrogen-bond acceptors (Lipinski definition) is 8. The normalized spacial score (nSPS) is 11.5. The third-order valence-electron chi connectivity index (χ3n) is 4.78. The Morgan fingerprint density at radius 3 is 2.65 bits per heavy atom. The fraction of sp³-hybridized carbons (Fsp3) is 0.192. The molecule has 4 rings (SSSR count). The van der Waals surface area contributed by atoms with Crippen LogP contribution >= 0.6 is 23.2 Å². The number of nitriles is 1. The lowest BCUT2D eigenvalue weighted by Gasteiger charge is -2.18. The van der Waals surface area contributed by atoms with Crippen molar-refractivity contribution in [3.63, 3.8) is 0 Å². The molecule has 0 fully saturated rings. The van der Waals surface area contributed by atoms with Crippen molar-refractivity contribution in [3.8, 4) is 23.4 Å². The van der Waals surface area contributed by atoms with E-state index in [2.05, 4.69) is 15.1 Å². The number of halogens is 2. The number of fused-ring (bicyclic) bond motifs is 1. The van der Waals surface area contributed by atoms with Gasteiger partial charge in [-0.05, 0) is 63.3 Å². The smallest absolute Gasteiger partial charge is 0.437 e. The summed E-state index contributed by atoms with van der Waals surface area (Å²) in [6.07, 6.45) is 4.27. The molecule has 0 radical (unpaired) electrons. The second kappa shape index (κ2) is 10.5. The number of hydrogen-bond donors (Lipinski definition) is 0. The van der Waals surface area contributed by atoms with Gasteiger partial charge in [0, 0.05) is 22.7 Å². The molecule has 188 valence electrons. The molecule has 0 N–H and O–H groups in total. The van der Waals surface area contributed by atoms with E-state index in [1.807, 2.05) is 6.07 Å². The van der Waals surface area contributed by atoms with Gasteiger partial charge < -0.3 is 14.2 Å². The first-order valence-corrected chi connectivity index (χ1v) is 11.7. The Bertz CT molecular complexity index is 1570. The Morgan fingerprint density at radius 2 is 1.95 bits per heavy atom. The van der Waals surface area contributed by atoms with Crippen LogP contribution in [0.25, 0.3) is 23.2 Å². The number of carbonyl (C=O) groups excluding carboxylic acids is 1. The first kappa shape index (κ1) is 25.9. The molecule has 3 aromatic heterocycles. The topological polar surface area (TPSA) is 112 Å². The number of methoxy groups -OCH3 is 1. The molecular weight excluding hydrogens is 517 g/mol. The summed E-state index contributed by atoms with van der Waals surface area (Å²) >= 11 is 12.5. The van der Waals surface area contributed by atoms with Crippen LogP contribution in [0.5, 0.6) is 17.4 Å². The monoisotopic (exact) mass is 537 g/mol. The number of aromatic nitrogens is 4. The summed E-state index contributed by atoms with van der Waals surface area (Å²) in [5, 5.41) is 14.7. The average molecular weight is 538 g/mol.